The third kappa shape index (κ3) is 6.61. The molecule has 0 bridgehead atoms. The van der Waals surface area contributed by atoms with Crippen molar-refractivity contribution in [2.75, 3.05) is 12.4 Å². The molecule has 5 nitrogen and oxygen atoms in total. The van der Waals surface area contributed by atoms with Crippen LogP contribution in [0.5, 0.6) is 0 Å². The van der Waals surface area contributed by atoms with Gasteiger partial charge in [-0.3, -0.25) is 9.79 Å². The summed E-state index contributed by atoms with van der Waals surface area (Å²) in [6.45, 7) is 5.11. The summed E-state index contributed by atoms with van der Waals surface area (Å²) >= 11 is 6.18. The van der Waals surface area contributed by atoms with E-state index in [0.717, 1.165) is 28.3 Å². The molecule has 2 rings (SSSR count). The molecule has 0 aliphatic rings. The van der Waals surface area contributed by atoms with Gasteiger partial charge in [-0.25, -0.2) is 0 Å². The van der Waals surface area contributed by atoms with Crippen LogP contribution in [-0.2, 0) is 17.9 Å². The number of aliphatic imine (C=N–C) groups is 1. The van der Waals surface area contributed by atoms with Gasteiger partial charge >= 0.3 is 0 Å². The fourth-order valence-corrected chi connectivity index (χ4v) is 2.64. The third-order valence-corrected chi connectivity index (χ3v) is 4.71. The van der Waals surface area contributed by atoms with Crippen LogP contribution in [0.15, 0.2) is 53.5 Å². The average Bonchev–Trinajstić information content (AvgIpc) is 2.69. The Hall–Kier alpha value is -2.53. The quantitative estimate of drug-likeness (QED) is 0.493. The Morgan fingerprint density at radius 3 is 2.56 bits per heavy atom. The number of anilines is 1. The van der Waals surface area contributed by atoms with E-state index < -0.39 is 0 Å². The normalized spacial score (nSPS) is 12.4. The van der Waals surface area contributed by atoms with Gasteiger partial charge in [-0.2, -0.15) is 0 Å². The summed E-state index contributed by atoms with van der Waals surface area (Å²) in [6, 6.07) is 15.5. The molecule has 1 atom stereocenters. The molecule has 0 aliphatic heterocycles. The summed E-state index contributed by atoms with van der Waals surface area (Å²) in [4.78, 5) is 16.3. The van der Waals surface area contributed by atoms with Gasteiger partial charge in [0.05, 0.1) is 0 Å². The van der Waals surface area contributed by atoms with Crippen LogP contribution >= 0.6 is 11.6 Å². The first-order valence-electron chi connectivity index (χ1n) is 9.11. The molecule has 0 saturated heterocycles. The molecule has 1 unspecified atom stereocenters. The van der Waals surface area contributed by atoms with Gasteiger partial charge in [-0.05, 0) is 35.7 Å². The molecule has 0 radical (unpaired) electrons. The van der Waals surface area contributed by atoms with Gasteiger partial charge in [0.2, 0.25) is 5.91 Å². The van der Waals surface area contributed by atoms with E-state index in [2.05, 4.69) is 20.9 Å². The number of nitrogens with zero attached hydrogens (tertiary/aromatic N) is 1. The number of guanidine groups is 1. The second kappa shape index (κ2) is 10.6. The standard InChI is InChI=1S/C21H27ClN4O/c1-4-15(2)20(27)26-18-10-7-8-16(12-18)13-24-21(23-3)25-14-17-9-5-6-11-19(17)22/h5-12,15H,4,13-14H2,1-3H3,(H,26,27)(H2,23,24,25). The van der Waals surface area contributed by atoms with Gasteiger partial charge < -0.3 is 16.0 Å². The fraction of sp³-hybridized carbons (Fsp3) is 0.333. The minimum Gasteiger partial charge on any atom is -0.352 e. The van der Waals surface area contributed by atoms with E-state index in [4.69, 9.17) is 11.6 Å². The Bertz CT molecular complexity index is 791. The second-order valence-corrected chi connectivity index (χ2v) is 6.78. The minimum atomic E-state index is -0.000353. The maximum absolute atomic E-state index is 12.0. The van der Waals surface area contributed by atoms with E-state index in [1.165, 1.54) is 0 Å². The molecule has 2 aromatic carbocycles. The van der Waals surface area contributed by atoms with Crippen molar-refractivity contribution in [2.24, 2.45) is 10.9 Å². The van der Waals surface area contributed by atoms with E-state index in [1.54, 1.807) is 7.05 Å². The molecule has 27 heavy (non-hydrogen) atoms. The first-order valence-corrected chi connectivity index (χ1v) is 9.49. The predicted octanol–water partition coefficient (Wildman–Crippen LogP) is 4.19. The van der Waals surface area contributed by atoms with Crippen molar-refractivity contribution >= 4 is 29.2 Å². The van der Waals surface area contributed by atoms with Crippen molar-refractivity contribution in [1.82, 2.24) is 10.6 Å². The molecule has 2 aromatic rings. The minimum absolute atomic E-state index is 0.000353. The molecule has 144 valence electrons. The Labute approximate surface area is 166 Å². The average molecular weight is 387 g/mol. The Morgan fingerprint density at radius 2 is 1.85 bits per heavy atom. The molecule has 3 N–H and O–H groups in total. The smallest absolute Gasteiger partial charge is 0.227 e. The van der Waals surface area contributed by atoms with Crippen LogP contribution in [0.4, 0.5) is 5.69 Å². The molecule has 6 heteroatoms. The van der Waals surface area contributed by atoms with Crippen LogP contribution in [-0.4, -0.2) is 18.9 Å². The zero-order chi connectivity index (χ0) is 19.6. The molecule has 0 aromatic heterocycles. The summed E-state index contributed by atoms with van der Waals surface area (Å²) < 4.78 is 0. The molecular formula is C21H27ClN4O. The van der Waals surface area contributed by atoms with Gasteiger partial charge in [0.1, 0.15) is 0 Å². The van der Waals surface area contributed by atoms with E-state index in [9.17, 15) is 4.79 Å². The molecule has 0 fully saturated rings. The van der Waals surface area contributed by atoms with Crippen molar-refractivity contribution in [1.29, 1.82) is 0 Å². The lowest BCUT2D eigenvalue weighted by Gasteiger charge is -2.14. The van der Waals surface area contributed by atoms with Crippen molar-refractivity contribution in [3.63, 3.8) is 0 Å². The number of halogens is 1. The number of nitrogens with one attached hydrogen (secondary N) is 3. The molecule has 0 aliphatic carbocycles. The molecule has 0 heterocycles. The maximum Gasteiger partial charge on any atom is 0.227 e. The Kier molecular flexibility index (Phi) is 8.14. The molecule has 0 spiro atoms. The highest BCUT2D eigenvalue weighted by Crippen LogP contribution is 2.15. The van der Waals surface area contributed by atoms with Crippen LogP contribution in [0.3, 0.4) is 0 Å². The summed E-state index contributed by atoms with van der Waals surface area (Å²) in [5, 5.41) is 10.2. The molecular weight excluding hydrogens is 360 g/mol. The van der Waals surface area contributed by atoms with Crippen LogP contribution in [0, 0.1) is 5.92 Å². The van der Waals surface area contributed by atoms with E-state index in [1.807, 2.05) is 62.4 Å². The summed E-state index contributed by atoms with van der Waals surface area (Å²) in [5.41, 5.74) is 2.87. The molecule has 0 saturated carbocycles. The number of carbonyl (C=O) groups excluding carboxylic acids is 1. The maximum atomic E-state index is 12.0. The second-order valence-electron chi connectivity index (χ2n) is 6.37. The number of benzene rings is 2. The van der Waals surface area contributed by atoms with Gasteiger partial charge in [-0.1, -0.05) is 55.8 Å². The van der Waals surface area contributed by atoms with Crippen molar-refractivity contribution in [3.05, 3.63) is 64.7 Å². The number of carbonyl (C=O) groups is 1. The van der Waals surface area contributed by atoms with Crippen molar-refractivity contribution < 1.29 is 4.79 Å². The van der Waals surface area contributed by atoms with E-state index >= 15 is 0 Å². The number of hydrogen-bond acceptors (Lipinski definition) is 2. The fourth-order valence-electron chi connectivity index (χ4n) is 2.44. The van der Waals surface area contributed by atoms with Crippen molar-refractivity contribution in [3.8, 4) is 0 Å². The van der Waals surface area contributed by atoms with Crippen LogP contribution in [0.1, 0.15) is 31.4 Å². The number of amides is 1. The van der Waals surface area contributed by atoms with E-state index in [0.29, 0.717) is 19.0 Å². The molecule has 1 amide bonds. The lowest BCUT2D eigenvalue weighted by atomic mass is 10.1. The highest BCUT2D eigenvalue weighted by Gasteiger charge is 2.10. The summed E-state index contributed by atoms with van der Waals surface area (Å²) in [5.74, 6) is 0.725. The zero-order valence-corrected chi connectivity index (χ0v) is 16.8. The van der Waals surface area contributed by atoms with Gasteiger partial charge in [0.25, 0.3) is 0 Å². The summed E-state index contributed by atoms with van der Waals surface area (Å²) in [6.07, 6.45) is 0.820. The largest absolute Gasteiger partial charge is 0.352 e. The van der Waals surface area contributed by atoms with Gasteiger partial charge in [0, 0.05) is 36.8 Å². The number of hydrogen-bond donors (Lipinski definition) is 3. The monoisotopic (exact) mass is 386 g/mol. The van der Waals surface area contributed by atoms with Crippen LogP contribution in [0.2, 0.25) is 5.02 Å². The SMILES string of the molecule is CCC(C)C(=O)Nc1cccc(CNC(=NC)NCc2ccccc2Cl)c1. The van der Waals surface area contributed by atoms with Gasteiger partial charge in [-0.15, -0.1) is 0 Å². The summed E-state index contributed by atoms with van der Waals surface area (Å²) in [7, 11) is 1.73. The lowest BCUT2D eigenvalue weighted by molar-refractivity contribution is -0.119. The van der Waals surface area contributed by atoms with Crippen LogP contribution in [0.25, 0.3) is 0 Å². The predicted molar refractivity (Wildman–Crippen MR) is 113 cm³/mol. The van der Waals surface area contributed by atoms with Crippen LogP contribution < -0.4 is 16.0 Å². The van der Waals surface area contributed by atoms with Crippen molar-refractivity contribution in [2.45, 2.75) is 33.4 Å². The lowest BCUT2D eigenvalue weighted by Crippen LogP contribution is -2.36. The Balaban J connectivity index is 1.90. The first kappa shape index (κ1) is 20.8. The van der Waals surface area contributed by atoms with Gasteiger partial charge in [0.15, 0.2) is 5.96 Å². The zero-order valence-electron chi connectivity index (χ0n) is 16.1. The first-order chi connectivity index (χ1) is 13.0. The highest BCUT2D eigenvalue weighted by atomic mass is 35.5. The van der Waals surface area contributed by atoms with E-state index in [-0.39, 0.29) is 11.8 Å². The highest BCUT2D eigenvalue weighted by molar-refractivity contribution is 6.31. The number of rotatable bonds is 7. The topological polar surface area (TPSA) is 65.5 Å². The third-order valence-electron chi connectivity index (χ3n) is 4.34. The Morgan fingerprint density at radius 1 is 1.11 bits per heavy atom.